The van der Waals surface area contributed by atoms with Gasteiger partial charge in [-0.2, -0.15) is 18.3 Å². The molecule has 3 rings (SSSR count). The van der Waals surface area contributed by atoms with Gasteiger partial charge in [-0.3, -0.25) is 15.0 Å². The van der Waals surface area contributed by atoms with Gasteiger partial charge in [0, 0.05) is 5.56 Å². The second-order valence-electron chi connectivity index (χ2n) is 5.62. The van der Waals surface area contributed by atoms with Gasteiger partial charge in [0.25, 0.3) is 5.56 Å². The van der Waals surface area contributed by atoms with Crippen LogP contribution >= 0.6 is 0 Å². The van der Waals surface area contributed by atoms with Crippen molar-refractivity contribution in [3.8, 4) is 22.8 Å². The third kappa shape index (κ3) is 3.90. The summed E-state index contributed by atoms with van der Waals surface area (Å²) in [5.41, 5.74) is -0.679. The van der Waals surface area contributed by atoms with Crippen molar-refractivity contribution in [2.45, 2.75) is 6.18 Å². The molecule has 28 heavy (non-hydrogen) atoms. The lowest BCUT2D eigenvalue weighted by molar-refractivity contribution is -0.137. The van der Waals surface area contributed by atoms with E-state index in [9.17, 15) is 18.0 Å². The van der Waals surface area contributed by atoms with Crippen LogP contribution in [0, 0.1) is 0 Å². The van der Waals surface area contributed by atoms with E-state index in [1.807, 2.05) is 0 Å². The lowest BCUT2D eigenvalue weighted by Gasteiger charge is -2.08. The molecule has 146 valence electrons. The summed E-state index contributed by atoms with van der Waals surface area (Å²) in [6, 6.07) is 9.29. The summed E-state index contributed by atoms with van der Waals surface area (Å²) < 4.78 is 48.8. The van der Waals surface area contributed by atoms with Gasteiger partial charge in [-0.05, 0) is 36.4 Å². The molecule has 0 aliphatic carbocycles. The number of aromatic nitrogens is 2. The molecule has 0 unspecified atom stereocenters. The Balaban J connectivity index is 1.99. The Morgan fingerprint density at radius 3 is 2.36 bits per heavy atom. The Hall–Kier alpha value is -3.56. The summed E-state index contributed by atoms with van der Waals surface area (Å²) in [5, 5.41) is 12.7. The molecule has 0 aliphatic heterocycles. The predicted octanol–water partition coefficient (Wildman–Crippen LogP) is 4.82. The average Bonchev–Trinajstić information content (AvgIpc) is 3.05. The minimum atomic E-state index is -4.50. The molecule has 0 atom stereocenters. The largest absolute Gasteiger partial charge is 0.493 e. The second kappa shape index (κ2) is 7.59. The van der Waals surface area contributed by atoms with Crippen molar-refractivity contribution < 1.29 is 22.6 Å². The predicted molar refractivity (Wildman–Crippen MR) is 95.6 cm³/mol. The van der Waals surface area contributed by atoms with Crippen LogP contribution in [0.25, 0.3) is 11.3 Å². The van der Waals surface area contributed by atoms with Crippen molar-refractivity contribution in [3.05, 3.63) is 58.4 Å². The van der Waals surface area contributed by atoms with Crippen LogP contribution in [-0.2, 0) is 6.18 Å². The lowest BCUT2D eigenvalue weighted by Crippen LogP contribution is -2.03. The first-order valence-electron chi connectivity index (χ1n) is 7.95. The maximum atomic E-state index is 12.8. The molecule has 1 heterocycles. The summed E-state index contributed by atoms with van der Waals surface area (Å²) in [5.74, 6) is 0.930. The number of alkyl halides is 3. The molecule has 1 aromatic heterocycles. The van der Waals surface area contributed by atoms with Gasteiger partial charge in [-0.15, -0.1) is 5.11 Å². The van der Waals surface area contributed by atoms with E-state index in [0.29, 0.717) is 22.8 Å². The number of rotatable bonds is 5. The summed E-state index contributed by atoms with van der Waals surface area (Å²) in [7, 11) is 2.96. The fourth-order valence-corrected chi connectivity index (χ4v) is 2.50. The zero-order valence-electron chi connectivity index (χ0n) is 14.8. The molecule has 0 aliphatic rings. The number of nitrogens with one attached hydrogen (secondary N) is 2. The number of azo groups is 1. The van der Waals surface area contributed by atoms with Crippen molar-refractivity contribution in [1.29, 1.82) is 0 Å². The molecule has 0 saturated carbocycles. The smallest absolute Gasteiger partial charge is 0.416 e. The summed E-state index contributed by atoms with van der Waals surface area (Å²) >= 11 is 0. The van der Waals surface area contributed by atoms with E-state index in [1.54, 1.807) is 18.2 Å². The summed E-state index contributed by atoms with van der Waals surface area (Å²) in [4.78, 5) is 12.1. The van der Waals surface area contributed by atoms with Crippen molar-refractivity contribution in [3.63, 3.8) is 0 Å². The molecule has 0 bridgehead atoms. The van der Waals surface area contributed by atoms with Gasteiger partial charge in [-0.1, -0.05) is 6.07 Å². The van der Waals surface area contributed by atoms with E-state index >= 15 is 0 Å². The highest BCUT2D eigenvalue weighted by atomic mass is 19.4. The number of benzene rings is 2. The SMILES string of the molecule is COc1ccc(-c2[nH][nH]c(=O)c2N=Nc2cccc(C(F)(F)F)c2)cc1OC. The van der Waals surface area contributed by atoms with Gasteiger partial charge >= 0.3 is 6.18 Å². The Kier molecular flexibility index (Phi) is 5.21. The van der Waals surface area contributed by atoms with E-state index in [1.165, 1.54) is 26.4 Å². The fraction of sp³-hybridized carbons (Fsp3) is 0.167. The Labute approximate surface area is 156 Å². The zero-order valence-corrected chi connectivity index (χ0v) is 14.8. The fourth-order valence-electron chi connectivity index (χ4n) is 2.50. The maximum Gasteiger partial charge on any atom is 0.416 e. The zero-order chi connectivity index (χ0) is 20.3. The quantitative estimate of drug-likeness (QED) is 0.610. The number of halogens is 3. The second-order valence-corrected chi connectivity index (χ2v) is 5.62. The minimum absolute atomic E-state index is 0.0336. The molecular formula is C18H15F3N4O3. The lowest BCUT2D eigenvalue weighted by atomic mass is 10.1. The third-order valence-electron chi connectivity index (χ3n) is 3.86. The molecule has 0 radical (unpaired) electrons. The number of nitrogens with zero attached hydrogens (tertiary/aromatic N) is 2. The van der Waals surface area contributed by atoms with Crippen LogP contribution in [-0.4, -0.2) is 24.4 Å². The van der Waals surface area contributed by atoms with Crippen LogP contribution in [0.5, 0.6) is 11.5 Å². The first-order valence-corrected chi connectivity index (χ1v) is 7.95. The number of methoxy groups -OCH3 is 2. The van der Waals surface area contributed by atoms with E-state index in [-0.39, 0.29) is 11.4 Å². The minimum Gasteiger partial charge on any atom is -0.493 e. The molecule has 3 aromatic rings. The van der Waals surface area contributed by atoms with Crippen LogP contribution in [0.15, 0.2) is 57.5 Å². The number of H-pyrrole nitrogens is 2. The van der Waals surface area contributed by atoms with Crippen molar-refractivity contribution in [2.24, 2.45) is 10.2 Å². The molecule has 2 aromatic carbocycles. The standard InChI is InChI=1S/C18H15F3N4O3/c1-27-13-7-6-10(8-14(13)28-2)15-16(17(26)25-23-15)24-22-12-5-3-4-11(9-12)18(19,20)21/h3-9H,1-2H3,(H2,23,25,26). The maximum absolute atomic E-state index is 12.8. The van der Waals surface area contributed by atoms with Crippen molar-refractivity contribution in [1.82, 2.24) is 10.2 Å². The number of ether oxygens (including phenoxy) is 2. The van der Waals surface area contributed by atoms with E-state index in [0.717, 1.165) is 12.1 Å². The van der Waals surface area contributed by atoms with Crippen molar-refractivity contribution in [2.75, 3.05) is 14.2 Å². The van der Waals surface area contributed by atoms with E-state index in [4.69, 9.17) is 9.47 Å². The molecule has 0 amide bonds. The number of hydrogen-bond acceptors (Lipinski definition) is 5. The highest BCUT2D eigenvalue weighted by Gasteiger charge is 2.30. The molecule has 2 N–H and O–H groups in total. The number of aromatic amines is 2. The highest BCUT2D eigenvalue weighted by Crippen LogP contribution is 2.35. The van der Waals surface area contributed by atoms with Crippen LogP contribution < -0.4 is 15.0 Å². The molecule has 0 spiro atoms. The van der Waals surface area contributed by atoms with Gasteiger partial charge in [0.2, 0.25) is 0 Å². The highest BCUT2D eigenvalue weighted by molar-refractivity contribution is 5.73. The molecule has 0 saturated heterocycles. The third-order valence-corrected chi connectivity index (χ3v) is 3.86. The topological polar surface area (TPSA) is 91.8 Å². The van der Waals surface area contributed by atoms with Gasteiger partial charge in [0.15, 0.2) is 17.2 Å². The monoisotopic (exact) mass is 392 g/mol. The molecule has 0 fully saturated rings. The Bertz CT molecular complexity index is 1070. The summed E-state index contributed by atoms with van der Waals surface area (Å²) in [6.45, 7) is 0. The molecule has 7 nitrogen and oxygen atoms in total. The van der Waals surface area contributed by atoms with Crippen molar-refractivity contribution >= 4 is 11.4 Å². The molecular weight excluding hydrogens is 377 g/mol. The van der Waals surface area contributed by atoms with Crippen LogP contribution in [0.2, 0.25) is 0 Å². The molecule has 10 heteroatoms. The van der Waals surface area contributed by atoms with Gasteiger partial charge in [0.1, 0.15) is 0 Å². The van der Waals surface area contributed by atoms with Gasteiger partial charge in [0.05, 0.1) is 31.2 Å². The Morgan fingerprint density at radius 1 is 0.929 bits per heavy atom. The van der Waals surface area contributed by atoms with Gasteiger partial charge in [-0.25, -0.2) is 0 Å². The number of hydrogen-bond donors (Lipinski definition) is 2. The van der Waals surface area contributed by atoms with Crippen LogP contribution in [0.1, 0.15) is 5.56 Å². The first kappa shape index (κ1) is 19.2. The van der Waals surface area contributed by atoms with E-state index < -0.39 is 17.3 Å². The Morgan fingerprint density at radius 2 is 1.68 bits per heavy atom. The van der Waals surface area contributed by atoms with Crippen LogP contribution in [0.3, 0.4) is 0 Å². The summed E-state index contributed by atoms with van der Waals surface area (Å²) in [6.07, 6.45) is -4.50. The normalized spacial score (nSPS) is 11.8. The van der Waals surface area contributed by atoms with Gasteiger partial charge < -0.3 is 9.47 Å². The first-order chi connectivity index (χ1) is 13.3. The average molecular weight is 392 g/mol. The van der Waals surface area contributed by atoms with E-state index in [2.05, 4.69) is 20.4 Å². The van der Waals surface area contributed by atoms with Crippen LogP contribution in [0.4, 0.5) is 24.5 Å².